The Hall–Kier alpha value is -1.43. The average molecular weight is 183 g/mol. The number of aromatic nitrogens is 3. The molecule has 0 fully saturated rings. The lowest BCUT2D eigenvalue weighted by Gasteiger charge is -1.83. The first-order valence-corrected chi connectivity index (χ1v) is 4.05. The van der Waals surface area contributed by atoms with Crippen molar-refractivity contribution in [1.29, 1.82) is 0 Å². The zero-order valence-corrected chi connectivity index (χ0v) is 6.97. The summed E-state index contributed by atoms with van der Waals surface area (Å²) < 4.78 is 0. The molecule has 0 saturated carbocycles. The van der Waals surface area contributed by atoms with Gasteiger partial charge in [0.25, 0.3) is 0 Å². The van der Waals surface area contributed by atoms with Crippen LogP contribution < -0.4 is 0 Å². The van der Waals surface area contributed by atoms with Gasteiger partial charge in [0.05, 0.1) is 5.01 Å². The Morgan fingerprint density at radius 1 is 1.67 bits per heavy atom. The van der Waals surface area contributed by atoms with Crippen LogP contribution in [0.1, 0.15) is 15.5 Å². The number of carbonyl (C=O) groups is 1. The molecular formula is C6H5N3O2S. The minimum absolute atomic E-state index is 0.0642. The van der Waals surface area contributed by atoms with Crippen molar-refractivity contribution in [2.45, 2.75) is 6.92 Å². The van der Waals surface area contributed by atoms with Gasteiger partial charge in [0.15, 0.2) is 10.5 Å². The van der Waals surface area contributed by atoms with Crippen molar-refractivity contribution < 1.29 is 9.90 Å². The van der Waals surface area contributed by atoms with Crippen molar-refractivity contribution in [3.8, 4) is 0 Å². The smallest absolute Gasteiger partial charge is 0.356 e. The molecule has 2 N–H and O–H groups in total. The highest BCUT2D eigenvalue weighted by Gasteiger charge is 2.15. The van der Waals surface area contributed by atoms with E-state index < -0.39 is 5.97 Å². The Bertz CT molecular complexity index is 445. The molecule has 2 aromatic heterocycles. The number of hydrogen-bond acceptors (Lipinski definition) is 4. The zero-order valence-electron chi connectivity index (χ0n) is 6.16. The van der Waals surface area contributed by atoms with Crippen LogP contribution in [-0.4, -0.2) is 26.3 Å². The topological polar surface area (TPSA) is 78.9 Å². The van der Waals surface area contributed by atoms with Crippen LogP contribution in [0.5, 0.6) is 0 Å². The van der Waals surface area contributed by atoms with E-state index in [1.807, 2.05) is 6.92 Å². The number of aromatic amines is 1. The summed E-state index contributed by atoms with van der Waals surface area (Å²) in [6, 6.07) is 0. The fourth-order valence-electron chi connectivity index (χ4n) is 0.964. The first kappa shape index (κ1) is 7.23. The minimum atomic E-state index is -1.03. The normalized spacial score (nSPS) is 10.8. The van der Waals surface area contributed by atoms with Gasteiger partial charge in [-0.2, -0.15) is 5.10 Å². The summed E-state index contributed by atoms with van der Waals surface area (Å²) in [5, 5.41) is 15.7. The van der Waals surface area contributed by atoms with Crippen LogP contribution >= 0.6 is 11.3 Å². The SMILES string of the molecule is Cc1nc2c(C(=O)O)[nH]nc2s1. The second-order valence-electron chi connectivity index (χ2n) is 2.29. The molecule has 0 saturated heterocycles. The Balaban J connectivity index is 2.76. The van der Waals surface area contributed by atoms with Gasteiger partial charge < -0.3 is 5.11 Å². The van der Waals surface area contributed by atoms with Gasteiger partial charge in [0, 0.05) is 0 Å². The largest absolute Gasteiger partial charge is 0.476 e. The van der Waals surface area contributed by atoms with Crippen LogP contribution in [0.3, 0.4) is 0 Å². The van der Waals surface area contributed by atoms with Crippen molar-refractivity contribution in [3.63, 3.8) is 0 Å². The van der Waals surface area contributed by atoms with E-state index in [2.05, 4.69) is 15.2 Å². The molecule has 2 rings (SSSR count). The van der Waals surface area contributed by atoms with Gasteiger partial charge in [-0.1, -0.05) is 11.3 Å². The fourth-order valence-corrected chi connectivity index (χ4v) is 1.72. The summed E-state index contributed by atoms with van der Waals surface area (Å²) >= 11 is 1.37. The molecule has 0 aliphatic rings. The van der Waals surface area contributed by atoms with Crippen LogP contribution in [0, 0.1) is 6.92 Å². The van der Waals surface area contributed by atoms with Crippen LogP contribution in [0.25, 0.3) is 10.3 Å². The Kier molecular flexibility index (Phi) is 1.37. The summed E-state index contributed by atoms with van der Waals surface area (Å²) in [6.45, 7) is 1.82. The molecule has 12 heavy (non-hydrogen) atoms. The van der Waals surface area contributed by atoms with Crippen molar-refractivity contribution in [1.82, 2.24) is 15.2 Å². The van der Waals surface area contributed by atoms with E-state index in [9.17, 15) is 4.79 Å². The van der Waals surface area contributed by atoms with Crippen molar-refractivity contribution >= 4 is 27.7 Å². The van der Waals surface area contributed by atoms with Crippen LogP contribution in [0.2, 0.25) is 0 Å². The lowest BCUT2D eigenvalue weighted by Crippen LogP contribution is -1.97. The third-order valence-corrected chi connectivity index (χ3v) is 2.30. The Labute approximate surface area is 71.1 Å². The van der Waals surface area contributed by atoms with Crippen molar-refractivity contribution in [2.24, 2.45) is 0 Å². The number of nitrogens with one attached hydrogen (secondary N) is 1. The number of hydrogen-bond donors (Lipinski definition) is 2. The molecule has 5 nitrogen and oxygen atoms in total. The molecule has 0 unspecified atom stereocenters. The van der Waals surface area contributed by atoms with E-state index >= 15 is 0 Å². The Morgan fingerprint density at radius 2 is 2.42 bits per heavy atom. The molecule has 0 aromatic carbocycles. The second-order valence-corrected chi connectivity index (χ2v) is 3.47. The molecule has 0 radical (unpaired) electrons. The third kappa shape index (κ3) is 0.884. The highest BCUT2D eigenvalue weighted by atomic mass is 32.1. The number of aryl methyl sites for hydroxylation is 1. The number of thiazole rings is 1. The van der Waals surface area contributed by atoms with Crippen molar-refractivity contribution in [3.05, 3.63) is 10.7 Å². The maximum Gasteiger partial charge on any atom is 0.356 e. The number of rotatable bonds is 1. The van der Waals surface area contributed by atoms with Gasteiger partial charge in [-0.15, -0.1) is 0 Å². The second kappa shape index (κ2) is 2.28. The predicted molar refractivity (Wildman–Crippen MR) is 43.5 cm³/mol. The average Bonchev–Trinajstić information content (AvgIpc) is 2.43. The molecule has 62 valence electrons. The van der Waals surface area contributed by atoms with E-state index in [0.717, 1.165) is 5.01 Å². The summed E-state index contributed by atoms with van der Waals surface area (Å²) in [5.41, 5.74) is 0.513. The number of nitrogens with zero attached hydrogens (tertiary/aromatic N) is 2. The molecule has 0 aliphatic carbocycles. The third-order valence-electron chi connectivity index (χ3n) is 1.44. The lowest BCUT2D eigenvalue weighted by atomic mass is 10.4. The maximum atomic E-state index is 10.6. The number of carboxylic acids is 1. The van der Waals surface area contributed by atoms with Gasteiger partial charge >= 0.3 is 5.97 Å². The van der Waals surface area contributed by atoms with Crippen LogP contribution in [-0.2, 0) is 0 Å². The van der Waals surface area contributed by atoms with Gasteiger partial charge in [-0.25, -0.2) is 9.78 Å². The Morgan fingerprint density at radius 3 is 3.08 bits per heavy atom. The summed E-state index contributed by atoms with van der Waals surface area (Å²) in [6.07, 6.45) is 0. The van der Waals surface area contributed by atoms with Gasteiger partial charge in [0.1, 0.15) is 5.52 Å². The molecule has 2 heterocycles. The minimum Gasteiger partial charge on any atom is -0.476 e. The standard InChI is InChI=1S/C6H5N3O2S/c1-2-7-3-4(6(10)11)8-9-5(3)12-2/h1H3,(H,8,9)(H,10,11). The molecule has 0 spiro atoms. The fraction of sp³-hybridized carbons (Fsp3) is 0.167. The predicted octanol–water partition coefficient (Wildman–Crippen LogP) is 1.03. The molecule has 6 heteroatoms. The number of carboxylic acid groups (broad SMARTS) is 1. The first-order chi connectivity index (χ1) is 5.68. The summed E-state index contributed by atoms with van der Waals surface area (Å²) in [4.78, 5) is 15.3. The van der Waals surface area contributed by atoms with E-state index in [0.29, 0.717) is 10.3 Å². The quantitative estimate of drug-likeness (QED) is 0.692. The van der Waals surface area contributed by atoms with E-state index in [4.69, 9.17) is 5.11 Å². The van der Waals surface area contributed by atoms with Gasteiger partial charge in [-0.05, 0) is 6.92 Å². The molecular weight excluding hydrogens is 178 g/mol. The monoisotopic (exact) mass is 183 g/mol. The lowest BCUT2D eigenvalue weighted by molar-refractivity contribution is 0.0692. The molecule has 0 atom stereocenters. The number of H-pyrrole nitrogens is 1. The maximum absolute atomic E-state index is 10.6. The van der Waals surface area contributed by atoms with E-state index in [1.165, 1.54) is 11.3 Å². The van der Waals surface area contributed by atoms with Gasteiger partial charge in [0.2, 0.25) is 0 Å². The number of aromatic carboxylic acids is 1. The van der Waals surface area contributed by atoms with Crippen molar-refractivity contribution in [2.75, 3.05) is 0 Å². The van der Waals surface area contributed by atoms with E-state index in [-0.39, 0.29) is 5.69 Å². The molecule has 0 aliphatic heterocycles. The number of fused-ring (bicyclic) bond motifs is 1. The molecule has 0 bridgehead atoms. The molecule has 0 amide bonds. The van der Waals surface area contributed by atoms with E-state index in [1.54, 1.807) is 0 Å². The zero-order chi connectivity index (χ0) is 8.72. The first-order valence-electron chi connectivity index (χ1n) is 3.23. The highest BCUT2D eigenvalue weighted by molar-refractivity contribution is 7.18. The highest BCUT2D eigenvalue weighted by Crippen LogP contribution is 2.21. The summed E-state index contributed by atoms with van der Waals surface area (Å²) in [5.74, 6) is -1.03. The van der Waals surface area contributed by atoms with Gasteiger partial charge in [-0.3, -0.25) is 5.10 Å². The van der Waals surface area contributed by atoms with Crippen LogP contribution in [0.15, 0.2) is 0 Å². The summed E-state index contributed by atoms with van der Waals surface area (Å²) in [7, 11) is 0. The van der Waals surface area contributed by atoms with Crippen LogP contribution in [0.4, 0.5) is 0 Å². The molecule has 2 aromatic rings.